The lowest BCUT2D eigenvalue weighted by molar-refractivity contribution is 0.0602. The Morgan fingerprint density at radius 3 is 2.62 bits per heavy atom. The van der Waals surface area contributed by atoms with Crippen LogP contribution < -0.4 is 5.73 Å². The van der Waals surface area contributed by atoms with E-state index in [2.05, 4.69) is 49.9 Å². The summed E-state index contributed by atoms with van der Waals surface area (Å²) in [4.78, 5) is 11.2. The van der Waals surface area contributed by atoms with Crippen LogP contribution in [0.1, 0.15) is 10.4 Å². The molecular formula is C8H7I2NO2. The predicted octanol–water partition coefficient (Wildman–Crippen LogP) is 2.26. The molecule has 0 aliphatic carbocycles. The normalized spacial score (nSPS) is 9.77. The predicted molar refractivity (Wildman–Crippen MR) is 67.6 cm³/mol. The number of carbonyl (C=O) groups is 1. The third-order valence-electron chi connectivity index (χ3n) is 1.50. The first-order chi connectivity index (χ1) is 6.06. The largest absolute Gasteiger partial charge is 0.465 e. The molecule has 0 amide bonds. The Labute approximate surface area is 103 Å². The Kier molecular flexibility index (Phi) is 3.77. The van der Waals surface area contributed by atoms with Crippen LogP contribution in [0.25, 0.3) is 0 Å². The van der Waals surface area contributed by atoms with Crippen molar-refractivity contribution in [2.75, 3.05) is 12.8 Å². The first-order valence-electron chi connectivity index (χ1n) is 3.39. The topological polar surface area (TPSA) is 52.3 Å². The van der Waals surface area contributed by atoms with E-state index in [1.54, 1.807) is 6.07 Å². The fourth-order valence-electron chi connectivity index (χ4n) is 0.864. The van der Waals surface area contributed by atoms with Gasteiger partial charge < -0.3 is 10.5 Å². The molecule has 0 aliphatic heterocycles. The minimum Gasteiger partial charge on any atom is -0.465 e. The number of hydrogen-bond acceptors (Lipinski definition) is 3. The Bertz CT molecular complexity index is 352. The Hall–Kier alpha value is -0.0500. The van der Waals surface area contributed by atoms with Gasteiger partial charge in [-0.25, -0.2) is 4.79 Å². The van der Waals surface area contributed by atoms with Crippen LogP contribution >= 0.6 is 45.2 Å². The average Bonchev–Trinajstić information content (AvgIpc) is 2.10. The second kappa shape index (κ2) is 4.45. The molecule has 0 saturated heterocycles. The lowest BCUT2D eigenvalue weighted by Crippen LogP contribution is -2.07. The average molecular weight is 403 g/mol. The molecule has 0 aliphatic rings. The molecule has 0 aromatic heterocycles. The maximum atomic E-state index is 11.2. The van der Waals surface area contributed by atoms with Crippen LogP contribution in [0, 0.1) is 7.14 Å². The van der Waals surface area contributed by atoms with Crippen LogP contribution in [0.5, 0.6) is 0 Å². The summed E-state index contributed by atoms with van der Waals surface area (Å²) in [6.45, 7) is 0. The van der Waals surface area contributed by atoms with Crippen molar-refractivity contribution in [2.24, 2.45) is 0 Å². The molecular weight excluding hydrogens is 396 g/mol. The molecule has 5 heteroatoms. The van der Waals surface area contributed by atoms with E-state index >= 15 is 0 Å². The third-order valence-corrected chi connectivity index (χ3v) is 3.01. The van der Waals surface area contributed by atoms with Gasteiger partial charge in [-0.2, -0.15) is 0 Å². The minimum atomic E-state index is -0.395. The minimum absolute atomic E-state index is 0.395. The standard InChI is InChI=1S/C8H7I2NO2/c1-13-8(12)5-2-4(9)3-6(10)7(5)11/h2-3H,11H2,1H3. The SMILES string of the molecule is COC(=O)c1cc(I)cc(I)c1N. The molecule has 0 bridgehead atoms. The van der Waals surface area contributed by atoms with Crippen molar-refractivity contribution in [1.82, 2.24) is 0 Å². The number of nitrogen functional groups attached to an aromatic ring is 1. The maximum Gasteiger partial charge on any atom is 0.340 e. The summed E-state index contributed by atoms with van der Waals surface area (Å²) < 4.78 is 6.44. The van der Waals surface area contributed by atoms with Crippen molar-refractivity contribution in [3.8, 4) is 0 Å². The lowest BCUT2D eigenvalue weighted by atomic mass is 10.2. The van der Waals surface area contributed by atoms with Gasteiger partial charge in [0.1, 0.15) is 0 Å². The second-order valence-corrected chi connectivity index (χ2v) is 4.75. The summed E-state index contributed by atoms with van der Waals surface area (Å²) in [6, 6.07) is 3.62. The van der Waals surface area contributed by atoms with Gasteiger partial charge in [0.25, 0.3) is 0 Å². The van der Waals surface area contributed by atoms with Crippen molar-refractivity contribution in [2.45, 2.75) is 0 Å². The van der Waals surface area contributed by atoms with Crippen LogP contribution in [0.4, 0.5) is 5.69 Å². The zero-order valence-electron chi connectivity index (χ0n) is 6.80. The van der Waals surface area contributed by atoms with Gasteiger partial charge in [0, 0.05) is 7.14 Å². The number of ether oxygens (including phenoxy) is 1. The Morgan fingerprint density at radius 1 is 1.46 bits per heavy atom. The van der Waals surface area contributed by atoms with Gasteiger partial charge in [-0.3, -0.25) is 0 Å². The molecule has 2 N–H and O–H groups in total. The van der Waals surface area contributed by atoms with Crippen LogP contribution in [0.3, 0.4) is 0 Å². The number of nitrogens with two attached hydrogens (primary N) is 1. The first kappa shape index (κ1) is 11.0. The molecule has 13 heavy (non-hydrogen) atoms. The quantitative estimate of drug-likeness (QED) is 0.445. The number of esters is 1. The molecule has 1 aromatic rings. The van der Waals surface area contributed by atoms with E-state index in [0.29, 0.717) is 11.3 Å². The van der Waals surface area contributed by atoms with E-state index in [9.17, 15) is 4.79 Å². The van der Waals surface area contributed by atoms with Crippen molar-refractivity contribution in [3.05, 3.63) is 24.8 Å². The summed E-state index contributed by atoms with van der Waals surface area (Å²) in [5.74, 6) is -0.395. The fraction of sp³-hybridized carbons (Fsp3) is 0.125. The number of anilines is 1. The zero-order valence-corrected chi connectivity index (χ0v) is 11.1. The van der Waals surface area contributed by atoms with E-state index in [-0.39, 0.29) is 0 Å². The van der Waals surface area contributed by atoms with Gasteiger partial charge in [0.15, 0.2) is 0 Å². The van der Waals surface area contributed by atoms with Crippen LogP contribution in [-0.2, 0) is 4.74 Å². The molecule has 0 radical (unpaired) electrons. The first-order valence-corrected chi connectivity index (χ1v) is 5.55. The van der Waals surface area contributed by atoms with E-state index in [1.807, 2.05) is 6.07 Å². The zero-order chi connectivity index (χ0) is 10.0. The number of hydrogen-bond donors (Lipinski definition) is 1. The van der Waals surface area contributed by atoms with E-state index in [1.165, 1.54) is 7.11 Å². The Balaban J connectivity index is 3.28. The number of benzene rings is 1. The third kappa shape index (κ3) is 2.46. The molecule has 0 atom stereocenters. The molecule has 0 fully saturated rings. The highest BCUT2D eigenvalue weighted by atomic mass is 127. The van der Waals surface area contributed by atoms with Crippen molar-refractivity contribution in [1.29, 1.82) is 0 Å². The molecule has 0 spiro atoms. The number of methoxy groups -OCH3 is 1. The van der Waals surface area contributed by atoms with Crippen molar-refractivity contribution < 1.29 is 9.53 Å². The van der Waals surface area contributed by atoms with Gasteiger partial charge in [0.05, 0.1) is 18.4 Å². The Morgan fingerprint density at radius 2 is 2.08 bits per heavy atom. The molecule has 3 nitrogen and oxygen atoms in total. The number of carbonyl (C=O) groups excluding carboxylic acids is 1. The van der Waals surface area contributed by atoms with Gasteiger partial charge in [-0.05, 0) is 57.3 Å². The monoisotopic (exact) mass is 403 g/mol. The molecule has 0 saturated carbocycles. The summed E-state index contributed by atoms with van der Waals surface area (Å²) >= 11 is 4.22. The molecule has 0 unspecified atom stereocenters. The van der Waals surface area contributed by atoms with E-state index < -0.39 is 5.97 Å². The van der Waals surface area contributed by atoms with Gasteiger partial charge in [0.2, 0.25) is 0 Å². The van der Waals surface area contributed by atoms with Crippen LogP contribution in [0.15, 0.2) is 12.1 Å². The molecule has 70 valence electrons. The molecule has 0 heterocycles. The highest BCUT2D eigenvalue weighted by molar-refractivity contribution is 14.1. The van der Waals surface area contributed by atoms with Crippen molar-refractivity contribution in [3.63, 3.8) is 0 Å². The van der Waals surface area contributed by atoms with E-state index in [4.69, 9.17) is 5.73 Å². The van der Waals surface area contributed by atoms with Gasteiger partial charge >= 0.3 is 5.97 Å². The highest BCUT2D eigenvalue weighted by Gasteiger charge is 2.12. The number of rotatable bonds is 1. The smallest absolute Gasteiger partial charge is 0.340 e. The fourth-order valence-corrected chi connectivity index (χ4v) is 2.71. The summed E-state index contributed by atoms with van der Waals surface area (Å²) in [5, 5.41) is 0. The van der Waals surface area contributed by atoms with Crippen LogP contribution in [0.2, 0.25) is 0 Å². The summed E-state index contributed by atoms with van der Waals surface area (Å²) in [6.07, 6.45) is 0. The maximum absolute atomic E-state index is 11.2. The van der Waals surface area contributed by atoms with Crippen LogP contribution in [-0.4, -0.2) is 13.1 Å². The van der Waals surface area contributed by atoms with Gasteiger partial charge in [-0.1, -0.05) is 0 Å². The summed E-state index contributed by atoms with van der Waals surface area (Å²) in [7, 11) is 1.34. The lowest BCUT2D eigenvalue weighted by Gasteiger charge is -2.06. The van der Waals surface area contributed by atoms with Crippen molar-refractivity contribution >= 4 is 56.8 Å². The van der Waals surface area contributed by atoms with E-state index in [0.717, 1.165) is 7.14 Å². The molecule has 1 rings (SSSR count). The number of halogens is 2. The molecule has 1 aromatic carbocycles. The van der Waals surface area contributed by atoms with Gasteiger partial charge in [-0.15, -0.1) is 0 Å². The highest BCUT2D eigenvalue weighted by Crippen LogP contribution is 2.23. The second-order valence-electron chi connectivity index (χ2n) is 2.34. The summed E-state index contributed by atoms with van der Waals surface area (Å²) in [5.41, 5.74) is 6.63.